The second-order valence-electron chi connectivity index (χ2n) is 6.02. The first-order valence-electron chi connectivity index (χ1n) is 7.87. The summed E-state index contributed by atoms with van der Waals surface area (Å²) in [5.74, 6) is 0.221. The molecule has 1 aromatic heterocycles. The smallest absolute Gasteiger partial charge is 0.240 e. The van der Waals surface area contributed by atoms with Crippen LogP contribution >= 0.6 is 0 Å². The Morgan fingerprint density at radius 1 is 1.12 bits per heavy atom. The summed E-state index contributed by atoms with van der Waals surface area (Å²) in [5, 5.41) is -0.0139. The van der Waals surface area contributed by atoms with Crippen molar-refractivity contribution in [2.45, 2.75) is 36.2 Å². The predicted molar refractivity (Wildman–Crippen MR) is 93.8 cm³/mol. The minimum atomic E-state index is -3.64. The number of aromatic amines is 1. The van der Waals surface area contributed by atoms with Gasteiger partial charge in [0.05, 0.1) is 4.90 Å². The maximum atomic E-state index is 12.9. The van der Waals surface area contributed by atoms with Gasteiger partial charge in [-0.2, -0.15) is 0 Å². The molecule has 24 heavy (non-hydrogen) atoms. The summed E-state index contributed by atoms with van der Waals surface area (Å²) in [4.78, 5) is 6.95. The molecule has 4 nitrogen and oxygen atoms in total. The zero-order valence-electron chi connectivity index (χ0n) is 13.7. The molecule has 1 unspecified atom stereocenters. The van der Waals surface area contributed by atoms with Gasteiger partial charge in [0.2, 0.25) is 15.0 Å². The van der Waals surface area contributed by atoms with Gasteiger partial charge in [0.25, 0.3) is 0 Å². The van der Waals surface area contributed by atoms with E-state index >= 15 is 0 Å². The number of imidazole rings is 1. The molecule has 0 spiro atoms. The Balaban J connectivity index is 2.01. The number of rotatable bonds is 5. The molecule has 2 aromatic carbocycles. The molecular weight excluding hydrogens is 320 g/mol. The first kappa shape index (κ1) is 16.5. The summed E-state index contributed by atoms with van der Waals surface area (Å²) < 4.78 is 25.7. The Labute approximate surface area is 142 Å². The SMILES string of the molecule is Cc1ccc(S(=O)(=O)c2ncc[nH]2)c(CC(C)c2ccccc2)c1. The van der Waals surface area contributed by atoms with E-state index in [4.69, 9.17) is 0 Å². The quantitative estimate of drug-likeness (QED) is 0.766. The van der Waals surface area contributed by atoms with Crippen LogP contribution in [0, 0.1) is 6.92 Å². The van der Waals surface area contributed by atoms with E-state index in [1.807, 2.05) is 37.3 Å². The summed E-state index contributed by atoms with van der Waals surface area (Å²) in [6.45, 7) is 4.08. The van der Waals surface area contributed by atoms with Gasteiger partial charge < -0.3 is 4.98 Å². The van der Waals surface area contributed by atoms with Gasteiger partial charge in [0, 0.05) is 12.4 Å². The Bertz CT molecular complexity index is 917. The van der Waals surface area contributed by atoms with Crippen LogP contribution in [0.5, 0.6) is 0 Å². The van der Waals surface area contributed by atoms with Gasteiger partial charge in [0.15, 0.2) is 0 Å². The van der Waals surface area contributed by atoms with Crippen molar-refractivity contribution in [2.24, 2.45) is 0 Å². The van der Waals surface area contributed by atoms with Crippen molar-refractivity contribution >= 4 is 9.84 Å². The van der Waals surface area contributed by atoms with E-state index in [1.54, 1.807) is 6.07 Å². The Hall–Kier alpha value is -2.40. The molecule has 0 aliphatic rings. The largest absolute Gasteiger partial charge is 0.335 e. The number of aryl methyl sites for hydroxylation is 1. The average Bonchev–Trinajstić information content (AvgIpc) is 3.11. The van der Waals surface area contributed by atoms with E-state index in [2.05, 4.69) is 29.0 Å². The molecule has 124 valence electrons. The topological polar surface area (TPSA) is 62.8 Å². The summed E-state index contributed by atoms with van der Waals surface area (Å²) in [7, 11) is -3.64. The zero-order chi connectivity index (χ0) is 17.2. The fourth-order valence-corrected chi connectivity index (χ4v) is 4.23. The number of aromatic nitrogens is 2. The van der Waals surface area contributed by atoms with Crippen LogP contribution in [-0.2, 0) is 16.3 Å². The molecule has 0 aliphatic carbocycles. The number of hydrogen-bond acceptors (Lipinski definition) is 3. The third-order valence-corrected chi connectivity index (χ3v) is 5.84. The Morgan fingerprint density at radius 2 is 1.88 bits per heavy atom. The molecule has 1 N–H and O–H groups in total. The number of H-pyrrole nitrogens is 1. The Morgan fingerprint density at radius 3 is 2.54 bits per heavy atom. The first-order valence-corrected chi connectivity index (χ1v) is 9.36. The van der Waals surface area contributed by atoms with E-state index in [9.17, 15) is 8.42 Å². The molecule has 0 bridgehead atoms. The zero-order valence-corrected chi connectivity index (χ0v) is 14.5. The lowest BCUT2D eigenvalue weighted by Gasteiger charge is -2.15. The van der Waals surface area contributed by atoms with Crippen molar-refractivity contribution in [1.29, 1.82) is 0 Å². The third-order valence-electron chi connectivity index (χ3n) is 4.13. The molecule has 5 heteroatoms. The number of nitrogens with zero attached hydrogens (tertiary/aromatic N) is 1. The maximum absolute atomic E-state index is 12.9. The molecule has 0 saturated carbocycles. The summed E-state index contributed by atoms with van der Waals surface area (Å²) in [5.41, 5.74) is 3.06. The molecule has 0 fully saturated rings. The Kier molecular flexibility index (Phi) is 4.53. The lowest BCUT2D eigenvalue weighted by Crippen LogP contribution is -2.10. The van der Waals surface area contributed by atoms with Crippen molar-refractivity contribution in [3.05, 3.63) is 77.6 Å². The van der Waals surface area contributed by atoms with Crippen molar-refractivity contribution in [3.8, 4) is 0 Å². The number of sulfone groups is 1. The summed E-state index contributed by atoms with van der Waals surface area (Å²) >= 11 is 0. The third kappa shape index (κ3) is 3.26. The van der Waals surface area contributed by atoms with Gasteiger partial charge in [-0.1, -0.05) is 55.0 Å². The highest BCUT2D eigenvalue weighted by Crippen LogP contribution is 2.28. The molecular formula is C19H20N2O2S. The van der Waals surface area contributed by atoms with E-state index in [1.165, 1.54) is 18.0 Å². The van der Waals surface area contributed by atoms with Crippen molar-refractivity contribution in [3.63, 3.8) is 0 Å². The van der Waals surface area contributed by atoms with Gasteiger partial charge in [0.1, 0.15) is 0 Å². The van der Waals surface area contributed by atoms with Crippen LogP contribution in [0.3, 0.4) is 0 Å². The number of hydrogen-bond donors (Lipinski definition) is 1. The van der Waals surface area contributed by atoms with Crippen LogP contribution in [-0.4, -0.2) is 18.4 Å². The van der Waals surface area contributed by atoms with Gasteiger partial charge >= 0.3 is 0 Å². The number of benzene rings is 2. The van der Waals surface area contributed by atoms with E-state index in [0.29, 0.717) is 11.3 Å². The van der Waals surface area contributed by atoms with Crippen LogP contribution in [0.2, 0.25) is 0 Å². The van der Waals surface area contributed by atoms with Gasteiger partial charge in [-0.05, 0) is 36.5 Å². The molecule has 1 atom stereocenters. The number of nitrogens with one attached hydrogen (secondary N) is 1. The van der Waals surface area contributed by atoms with Gasteiger partial charge in [-0.3, -0.25) is 0 Å². The first-order chi connectivity index (χ1) is 11.5. The highest BCUT2D eigenvalue weighted by molar-refractivity contribution is 7.91. The predicted octanol–water partition coefficient (Wildman–Crippen LogP) is 3.90. The second-order valence-corrected chi connectivity index (χ2v) is 7.86. The standard InChI is InChI=1S/C19H20N2O2S/c1-14-8-9-18(24(22,23)19-20-10-11-21-19)17(12-14)13-15(2)16-6-4-3-5-7-16/h3-12,15H,13H2,1-2H3,(H,20,21). The summed E-state index contributed by atoms with van der Waals surface area (Å²) in [6, 6.07) is 15.6. The minimum absolute atomic E-state index is 0.0139. The normalized spacial score (nSPS) is 12.9. The summed E-state index contributed by atoms with van der Waals surface area (Å²) in [6.07, 6.45) is 3.63. The van der Waals surface area contributed by atoms with Crippen molar-refractivity contribution in [1.82, 2.24) is 9.97 Å². The van der Waals surface area contributed by atoms with Crippen LogP contribution in [0.1, 0.15) is 29.5 Å². The molecule has 0 amide bonds. The van der Waals surface area contributed by atoms with Crippen molar-refractivity contribution in [2.75, 3.05) is 0 Å². The van der Waals surface area contributed by atoms with E-state index in [-0.39, 0.29) is 11.1 Å². The van der Waals surface area contributed by atoms with Crippen LogP contribution in [0.15, 0.2) is 71.0 Å². The molecule has 0 saturated heterocycles. The molecule has 0 aliphatic heterocycles. The average molecular weight is 340 g/mol. The van der Waals surface area contributed by atoms with Gasteiger partial charge in [-0.15, -0.1) is 0 Å². The minimum Gasteiger partial charge on any atom is -0.335 e. The van der Waals surface area contributed by atoms with Crippen LogP contribution < -0.4 is 0 Å². The van der Waals surface area contributed by atoms with Crippen LogP contribution in [0.4, 0.5) is 0 Å². The van der Waals surface area contributed by atoms with Crippen molar-refractivity contribution < 1.29 is 8.42 Å². The molecule has 3 aromatic rings. The fourth-order valence-electron chi connectivity index (χ4n) is 2.86. The molecule has 3 rings (SSSR count). The molecule has 1 heterocycles. The maximum Gasteiger partial charge on any atom is 0.240 e. The van der Waals surface area contributed by atoms with E-state index < -0.39 is 9.84 Å². The second kappa shape index (κ2) is 6.61. The highest BCUT2D eigenvalue weighted by Gasteiger charge is 2.24. The van der Waals surface area contributed by atoms with E-state index in [0.717, 1.165) is 11.1 Å². The lowest BCUT2D eigenvalue weighted by molar-refractivity contribution is 0.586. The van der Waals surface area contributed by atoms with Gasteiger partial charge in [-0.25, -0.2) is 13.4 Å². The fraction of sp³-hybridized carbons (Fsp3) is 0.211. The monoisotopic (exact) mass is 340 g/mol. The van der Waals surface area contributed by atoms with Crippen LogP contribution in [0.25, 0.3) is 0 Å². The lowest BCUT2D eigenvalue weighted by atomic mass is 9.93. The molecule has 0 radical (unpaired) electrons. The highest BCUT2D eigenvalue weighted by atomic mass is 32.2.